The second-order valence-electron chi connectivity index (χ2n) is 6.43. The molecule has 3 rings (SSSR count). The fourth-order valence-corrected chi connectivity index (χ4v) is 3.01. The van der Waals surface area contributed by atoms with Crippen LogP contribution < -0.4 is 10.2 Å². The van der Waals surface area contributed by atoms with Crippen molar-refractivity contribution in [1.29, 1.82) is 0 Å². The van der Waals surface area contributed by atoms with E-state index in [0.717, 1.165) is 33.2 Å². The van der Waals surface area contributed by atoms with Gasteiger partial charge in [0.2, 0.25) is 0 Å². The SMILES string of the molecule is Cc1cc(/C=C2/NC(=O)N(C)C2=O)c(C)n1-c1ccc(N(C)C)cc1. The van der Waals surface area contributed by atoms with E-state index < -0.39 is 6.03 Å². The van der Waals surface area contributed by atoms with Gasteiger partial charge in [-0.2, -0.15) is 0 Å². The number of nitrogens with one attached hydrogen (secondary N) is 1. The monoisotopic (exact) mass is 338 g/mol. The summed E-state index contributed by atoms with van der Waals surface area (Å²) in [5.74, 6) is -0.315. The molecule has 0 saturated carbocycles. The Morgan fingerprint density at radius 1 is 1.08 bits per heavy atom. The van der Waals surface area contributed by atoms with E-state index in [2.05, 4.69) is 39.0 Å². The fraction of sp³-hybridized carbons (Fsp3) is 0.263. The van der Waals surface area contributed by atoms with E-state index in [1.807, 2.05) is 34.0 Å². The Labute approximate surface area is 147 Å². The number of carbonyl (C=O) groups is 2. The minimum atomic E-state index is -0.399. The smallest absolute Gasteiger partial charge is 0.328 e. The highest BCUT2D eigenvalue weighted by molar-refractivity contribution is 6.13. The minimum Gasteiger partial charge on any atom is -0.378 e. The Hall–Kier alpha value is -3.02. The van der Waals surface area contributed by atoms with Gasteiger partial charge in [-0.25, -0.2) is 4.79 Å². The molecule has 0 bridgehead atoms. The number of aryl methyl sites for hydroxylation is 1. The normalized spacial score (nSPS) is 15.9. The van der Waals surface area contributed by atoms with Crippen LogP contribution in [0.2, 0.25) is 0 Å². The molecular weight excluding hydrogens is 316 g/mol. The van der Waals surface area contributed by atoms with Gasteiger partial charge in [-0.1, -0.05) is 0 Å². The average molecular weight is 338 g/mol. The summed E-state index contributed by atoms with van der Waals surface area (Å²) in [6.07, 6.45) is 1.73. The number of rotatable bonds is 3. The molecule has 1 aliphatic rings. The topological polar surface area (TPSA) is 57.6 Å². The lowest BCUT2D eigenvalue weighted by Gasteiger charge is -2.14. The van der Waals surface area contributed by atoms with Crippen LogP contribution in [0.1, 0.15) is 17.0 Å². The molecule has 6 heteroatoms. The summed E-state index contributed by atoms with van der Waals surface area (Å²) in [6.45, 7) is 4.03. The average Bonchev–Trinajstić information content (AvgIpc) is 2.98. The van der Waals surface area contributed by atoms with Crippen LogP contribution in [0.4, 0.5) is 10.5 Å². The molecule has 1 aromatic carbocycles. The van der Waals surface area contributed by atoms with Gasteiger partial charge in [0.15, 0.2) is 0 Å². The van der Waals surface area contributed by atoms with E-state index in [1.165, 1.54) is 7.05 Å². The highest BCUT2D eigenvalue weighted by Gasteiger charge is 2.30. The van der Waals surface area contributed by atoms with Crippen molar-refractivity contribution in [2.24, 2.45) is 0 Å². The van der Waals surface area contributed by atoms with Crippen molar-refractivity contribution < 1.29 is 9.59 Å². The summed E-state index contributed by atoms with van der Waals surface area (Å²) in [5.41, 5.74) is 5.48. The van der Waals surface area contributed by atoms with Crippen molar-refractivity contribution in [1.82, 2.24) is 14.8 Å². The maximum Gasteiger partial charge on any atom is 0.328 e. The number of hydrogen-bond donors (Lipinski definition) is 1. The fourth-order valence-electron chi connectivity index (χ4n) is 3.01. The third kappa shape index (κ3) is 2.91. The number of amides is 3. The highest BCUT2D eigenvalue weighted by Crippen LogP contribution is 2.25. The van der Waals surface area contributed by atoms with Gasteiger partial charge in [0.05, 0.1) is 0 Å². The second kappa shape index (κ2) is 6.12. The molecule has 0 radical (unpaired) electrons. The van der Waals surface area contributed by atoms with E-state index >= 15 is 0 Å². The van der Waals surface area contributed by atoms with Crippen LogP contribution in [-0.2, 0) is 4.79 Å². The first-order chi connectivity index (χ1) is 11.8. The minimum absolute atomic E-state index is 0.302. The zero-order chi connectivity index (χ0) is 18.3. The molecular formula is C19H22N4O2. The van der Waals surface area contributed by atoms with Crippen LogP contribution in [0.15, 0.2) is 36.0 Å². The zero-order valence-corrected chi connectivity index (χ0v) is 15.1. The molecule has 0 unspecified atom stereocenters. The number of urea groups is 1. The van der Waals surface area contributed by atoms with E-state index in [4.69, 9.17) is 0 Å². The number of imide groups is 1. The van der Waals surface area contributed by atoms with Gasteiger partial charge in [0.1, 0.15) is 5.70 Å². The summed E-state index contributed by atoms with van der Waals surface area (Å²) in [4.78, 5) is 26.8. The van der Waals surface area contributed by atoms with Crippen molar-refractivity contribution in [3.05, 3.63) is 53.0 Å². The summed E-state index contributed by atoms with van der Waals surface area (Å²) in [7, 11) is 5.48. The van der Waals surface area contributed by atoms with Crippen molar-refractivity contribution in [3.8, 4) is 5.69 Å². The van der Waals surface area contributed by atoms with Crippen LogP contribution in [0.25, 0.3) is 11.8 Å². The Bertz CT molecular complexity index is 876. The summed E-state index contributed by atoms with van der Waals surface area (Å²) in [5, 5.41) is 2.60. The first-order valence-electron chi connectivity index (χ1n) is 8.07. The molecule has 0 aliphatic carbocycles. The van der Waals surface area contributed by atoms with E-state index in [0.29, 0.717) is 5.70 Å². The van der Waals surface area contributed by atoms with Gasteiger partial charge < -0.3 is 14.8 Å². The Kier molecular flexibility index (Phi) is 4.12. The molecule has 1 N–H and O–H groups in total. The lowest BCUT2D eigenvalue weighted by atomic mass is 10.2. The quantitative estimate of drug-likeness (QED) is 0.691. The van der Waals surface area contributed by atoms with Gasteiger partial charge >= 0.3 is 6.03 Å². The number of hydrogen-bond acceptors (Lipinski definition) is 3. The van der Waals surface area contributed by atoms with Gasteiger partial charge in [0.25, 0.3) is 5.91 Å². The molecule has 3 amide bonds. The first kappa shape index (κ1) is 16.8. The third-order valence-electron chi connectivity index (χ3n) is 4.48. The van der Waals surface area contributed by atoms with Gasteiger partial charge in [-0.3, -0.25) is 9.69 Å². The maximum atomic E-state index is 12.1. The Balaban J connectivity index is 1.99. The number of anilines is 1. The standard InChI is InChI=1S/C19H22N4O2/c1-12-10-14(11-17-18(24)22(5)19(25)20-17)13(2)23(12)16-8-6-15(7-9-16)21(3)4/h6-11H,1-5H3,(H,20,25)/b17-11+. The van der Waals surface area contributed by atoms with E-state index in [-0.39, 0.29) is 5.91 Å². The van der Waals surface area contributed by atoms with Crippen LogP contribution in [-0.4, -0.2) is 42.5 Å². The van der Waals surface area contributed by atoms with Gasteiger partial charge in [-0.05, 0) is 55.8 Å². The predicted octanol–water partition coefficient (Wildman–Crippen LogP) is 2.68. The lowest BCUT2D eigenvalue weighted by Crippen LogP contribution is -2.25. The first-order valence-corrected chi connectivity index (χ1v) is 8.07. The van der Waals surface area contributed by atoms with E-state index in [9.17, 15) is 9.59 Å². The molecule has 1 aromatic heterocycles. The van der Waals surface area contributed by atoms with Crippen LogP contribution >= 0.6 is 0 Å². The summed E-state index contributed by atoms with van der Waals surface area (Å²) in [6, 6.07) is 9.90. The third-order valence-corrected chi connectivity index (χ3v) is 4.48. The number of benzene rings is 1. The molecule has 1 aliphatic heterocycles. The highest BCUT2D eigenvalue weighted by atomic mass is 16.2. The summed E-state index contributed by atoms with van der Waals surface area (Å²) < 4.78 is 2.14. The maximum absolute atomic E-state index is 12.1. The number of carbonyl (C=O) groups excluding carboxylic acids is 2. The van der Waals surface area contributed by atoms with Crippen molar-refractivity contribution in [2.75, 3.05) is 26.0 Å². The molecule has 2 aromatic rings. The molecule has 6 nitrogen and oxygen atoms in total. The van der Waals surface area contributed by atoms with Gasteiger partial charge in [0, 0.05) is 43.9 Å². The van der Waals surface area contributed by atoms with E-state index in [1.54, 1.807) is 6.08 Å². The molecule has 1 fully saturated rings. The molecule has 1 saturated heterocycles. The molecule has 2 heterocycles. The number of aromatic nitrogens is 1. The molecule has 25 heavy (non-hydrogen) atoms. The van der Waals surface area contributed by atoms with Crippen LogP contribution in [0, 0.1) is 13.8 Å². The van der Waals surface area contributed by atoms with Gasteiger partial charge in [-0.15, -0.1) is 0 Å². The van der Waals surface area contributed by atoms with Crippen LogP contribution in [0.3, 0.4) is 0 Å². The van der Waals surface area contributed by atoms with Crippen molar-refractivity contribution in [2.45, 2.75) is 13.8 Å². The zero-order valence-electron chi connectivity index (χ0n) is 15.1. The lowest BCUT2D eigenvalue weighted by molar-refractivity contribution is -0.121. The Morgan fingerprint density at radius 3 is 2.24 bits per heavy atom. The number of likely N-dealkylation sites (N-methyl/N-ethyl adjacent to an activating group) is 1. The predicted molar refractivity (Wildman–Crippen MR) is 98.8 cm³/mol. The Morgan fingerprint density at radius 2 is 1.72 bits per heavy atom. The van der Waals surface area contributed by atoms with Crippen LogP contribution in [0.5, 0.6) is 0 Å². The van der Waals surface area contributed by atoms with Crippen molar-refractivity contribution >= 4 is 23.7 Å². The molecule has 130 valence electrons. The van der Waals surface area contributed by atoms with Crippen molar-refractivity contribution in [3.63, 3.8) is 0 Å². The molecule has 0 atom stereocenters. The largest absolute Gasteiger partial charge is 0.378 e. The molecule has 0 spiro atoms. The second-order valence-corrected chi connectivity index (χ2v) is 6.43. The number of nitrogens with zero attached hydrogens (tertiary/aromatic N) is 3. The summed E-state index contributed by atoms with van der Waals surface area (Å²) >= 11 is 0.